The van der Waals surface area contributed by atoms with Gasteiger partial charge in [0.1, 0.15) is 0 Å². The summed E-state index contributed by atoms with van der Waals surface area (Å²) in [5.41, 5.74) is 1.35. The molecule has 0 unspecified atom stereocenters. The van der Waals surface area contributed by atoms with E-state index in [1.54, 1.807) is 0 Å². The molecule has 1 aromatic heterocycles. The Bertz CT molecular complexity index is 316. The van der Waals surface area contributed by atoms with Crippen molar-refractivity contribution in [3.05, 3.63) is 40.1 Å². The van der Waals surface area contributed by atoms with Crippen LogP contribution < -0.4 is 0 Å². The number of hydrogen-bond donors (Lipinski definition) is 0. The molecule has 0 aliphatic heterocycles. The number of rotatable bonds is 3. The SMILES string of the molecule is C/C=C\C(=C/CC)c1ccc(C)s1.CC. The maximum Gasteiger partial charge on any atom is 0.0342 e. The molecule has 0 amide bonds. The molecule has 0 aliphatic carbocycles. The fourth-order valence-electron chi connectivity index (χ4n) is 1.24. The van der Waals surface area contributed by atoms with E-state index >= 15 is 0 Å². The van der Waals surface area contributed by atoms with Gasteiger partial charge in [0.25, 0.3) is 0 Å². The quantitative estimate of drug-likeness (QED) is 0.596. The lowest BCUT2D eigenvalue weighted by Gasteiger charge is -1.96. The second-order valence-electron chi connectivity index (χ2n) is 2.98. The van der Waals surface area contributed by atoms with Gasteiger partial charge in [-0.2, -0.15) is 0 Å². The van der Waals surface area contributed by atoms with Gasteiger partial charge in [-0.1, -0.05) is 39.0 Å². The fraction of sp³-hybridized carbons (Fsp3) is 0.429. The Hall–Kier alpha value is -0.820. The summed E-state index contributed by atoms with van der Waals surface area (Å²) in [5, 5.41) is 0. The summed E-state index contributed by atoms with van der Waals surface area (Å²) in [6.07, 6.45) is 7.63. The summed E-state index contributed by atoms with van der Waals surface area (Å²) in [6.45, 7) is 10.4. The number of allylic oxidation sites excluding steroid dienone is 4. The molecule has 0 nitrogen and oxygen atoms in total. The zero-order chi connectivity index (χ0) is 11.7. The Morgan fingerprint density at radius 3 is 2.40 bits per heavy atom. The van der Waals surface area contributed by atoms with Crippen molar-refractivity contribution in [1.29, 1.82) is 0 Å². The molecule has 0 atom stereocenters. The molecule has 1 aromatic rings. The molecule has 15 heavy (non-hydrogen) atoms. The van der Waals surface area contributed by atoms with Crippen LogP contribution in [-0.4, -0.2) is 0 Å². The third kappa shape index (κ3) is 4.98. The highest BCUT2D eigenvalue weighted by molar-refractivity contribution is 7.13. The predicted molar refractivity (Wildman–Crippen MR) is 73.5 cm³/mol. The van der Waals surface area contributed by atoms with Crippen molar-refractivity contribution in [2.45, 2.75) is 41.0 Å². The minimum atomic E-state index is 1.09. The van der Waals surface area contributed by atoms with E-state index in [2.05, 4.69) is 51.1 Å². The minimum Gasteiger partial charge on any atom is -0.141 e. The van der Waals surface area contributed by atoms with E-state index in [-0.39, 0.29) is 0 Å². The lowest BCUT2D eigenvalue weighted by atomic mass is 10.2. The molecule has 1 rings (SSSR count). The van der Waals surface area contributed by atoms with Crippen molar-refractivity contribution in [2.75, 3.05) is 0 Å². The van der Waals surface area contributed by atoms with Gasteiger partial charge in [0.15, 0.2) is 0 Å². The Labute approximate surface area is 98.3 Å². The third-order valence-corrected chi connectivity index (χ3v) is 2.84. The summed E-state index contributed by atoms with van der Waals surface area (Å²) in [6, 6.07) is 4.37. The maximum absolute atomic E-state index is 2.27. The van der Waals surface area contributed by atoms with E-state index in [1.165, 1.54) is 15.3 Å². The zero-order valence-electron chi connectivity index (χ0n) is 10.5. The Morgan fingerprint density at radius 1 is 1.33 bits per heavy atom. The van der Waals surface area contributed by atoms with Crippen LogP contribution in [0.25, 0.3) is 5.57 Å². The van der Waals surface area contributed by atoms with Gasteiger partial charge in [-0.05, 0) is 38.0 Å². The van der Waals surface area contributed by atoms with Gasteiger partial charge in [0.2, 0.25) is 0 Å². The van der Waals surface area contributed by atoms with Gasteiger partial charge >= 0.3 is 0 Å². The van der Waals surface area contributed by atoms with Crippen LogP contribution in [0.2, 0.25) is 0 Å². The monoisotopic (exact) mass is 222 g/mol. The molecule has 1 heteroatoms. The molecule has 0 spiro atoms. The smallest absolute Gasteiger partial charge is 0.0342 e. The van der Waals surface area contributed by atoms with Crippen LogP contribution in [0.15, 0.2) is 30.4 Å². The summed E-state index contributed by atoms with van der Waals surface area (Å²) in [7, 11) is 0. The molecule has 0 radical (unpaired) electrons. The normalized spacial score (nSPS) is 11.4. The van der Waals surface area contributed by atoms with Crippen molar-refractivity contribution >= 4 is 16.9 Å². The first kappa shape index (κ1) is 14.2. The molecule has 0 saturated heterocycles. The highest BCUT2D eigenvalue weighted by atomic mass is 32.1. The first-order valence-electron chi connectivity index (χ1n) is 5.67. The average Bonchev–Trinajstić information content (AvgIpc) is 2.68. The van der Waals surface area contributed by atoms with E-state index in [0.29, 0.717) is 0 Å². The van der Waals surface area contributed by atoms with Crippen LogP contribution in [0.5, 0.6) is 0 Å². The lowest BCUT2D eigenvalue weighted by molar-refractivity contribution is 1.23. The molecule has 0 N–H and O–H groups in total. The highest BCUT2D eigenvalue weighted by Gasteiger charge is 1.99. The summed E-state index contributed by atoms with van der Waals surface area (Å²) in [5.74, 6) is 0. The predicted octanol–water partition coefficient (Wildman–Crippen LogP) is 5.45. The van der Waals surface area contributed by atoms with Crippen LogP contribution >= 0.6 is 11.3 Å². The Balaban J connectivity index is 0.000000921. The van der Waals surface area contributed by atoms with Gasteiger partial charge in [-0.25, -0.2) is 0 Å². The fourth-order valence-corrected chi connectivity index (χ4v) is 2.13. The second-order valence-corrected chi connectivity index (χ2v) is 4.27. The molecule has 0 fully saturated rings. The van der Waals surface area contributed by atoms with Crippen LogP contribution in [0.3, 0.4) is 0 Å². The number of hydrogen-bond acceptors (Lipinski definition) is 1. The van der Waals surface area contributed by atoms with Crippen LogP contribution in [0, 0.1) is 6.92 Å². The molecule has 84 valence electrons. The molecule has 0 aromatic carbocycles. The van der Waals surface area contributed by atoms with Crippen molar-refractivity contribution in [3.8, 4) is 0 Å². The molecule has 0 saturated carbocycles. The van der Waals surface area contributed by atoms with Gasteiger partial charge in [-0.15, -0.1) is 11.3 Å². The van der Waals surface area contributed by atoms with E-state index in [0.717, 1.165) is 6.42 Å². The second kappa shape index (κ2) is 8.49. The van der Waals surface area contributed by atoms with Crippen molar-refractivity contribution in [1.82, 2.24) is 0 Å². The van der Waals surface area contributed by atoms with Crippen LogP contribution in [-0.2, 0) is 0 Å². The van der Waals surface area contributed by atoms with Gasteiger partial charge in [0, 0.05) is 9.75 Å². The van der Waals surface area contributed by atoms with Crippen LogP contribution in [0.4, 0.5) is 0 Å². The van der Waals surface area contributed by atoms with Gasteiger partial charge in [0.05, 0.1) is 0 Å². The zero-order valence-corrected chi connectivity index (χ0v) is 11.3. The largest absolute Gasteiger partial charge is 0.141 e. The molecule has 0 aliphatic rings. The number of thiophene rings is 1. The van der Waals surface area contributed by atoms with Crippen molar-refractivity contribution < 1.29 is 0 Å². The first-order chi connectivity index (χ1) is 7.27. The van der Waals surface area contributed by atoms with E-state index < -0.39 is 0 Å². The maximum atomic E-state index is 2.27. The molecular weight excluding hydrogens is 200 g/mol. The topological polar surface area (TPSA) is 0 Å². The Morgan fingerprint density at radius 2 is 2.00 bits per heavy atom. The van der Waals surface area contributed by atoms with E-state index in [9.17, 15) is 0 Å². The first-order valence-corrected chi connectivity index (χ1v) is 6.49. The lowest BCUT2D eigenvalue weighted by Crippen LogP contribution is -1.73. The average molecular weight is 222 g/mol. The standard InChI is InChI=1S/C12H16S.C2H6/c1-4-6-11(7-5-2)12-9-8-10(3)13-12;1-2/h4,6-9H,5H2,1-3H3;1-2H3/b6-4-,11-7+;. The molecular formula is C14H22S. The third-order valence-electron chi connectivity index (χ3n) is 1.80. The van der Waals surface area contributed by atoms with Crippen molar-refractivity contribution in [3.63, 3.8) is 0 Å². The van der Waals surface area contributed by atoms with Crippen molar-refractivity contribution in [2.24, 2.45) is 0 Å². The summed E-state index contributed by atoms with van der Waals surface area (Å²) >= 11 is 1.86. The summed E-state index contributed by atoms with van der Waals surface area (Å²) < 4.78 is 0. The van der Waals surface area contributed by atoms with E-state index in [4.69, 9.17) is 0 Å². The minimum absolute atomic E-state index is 1.09. The summed E-state index contributed by atoms with van der Waals surface area (Å²) in [4.78, 5) is 2.75. The van der Waals surface area contributed by atoms with Gasteiger partial charge < -0.3 is 0 Å². The van der Waals surface area contributed by atoms with Crippen LogP contribution in [0.1, 0.15) is 43.9 Å². The van der Waals surface area contributed by atoms with Gasteiger partial charge in [-0.3, -0.25) is 0 Å². The van der Waals surface area contributed by atoms with E-state index in [1.807, 2.05) is 25.2 Å². The molecule has 0 bridgehead atoms. The molecule has 1 heterocycles. The number of aryl methyl sites for hydroxylation is 1. The highest BCUT2D eigenvalue weighted by Crippen LogP contribution is 2.24. The Kier molecular flexibility index (Phi) is 8.02.